The molecule has 4 atom stereocenters. The number of unbranched alkanes of at least 4 members (excludes halogenated alkanes) is 27. The number of carbonyl (C=O) groups is 3. The summed E-state index contributed by atoms with van der Waals surface area (Å²) in [7, 11) is 0. The Balaban J connectivity index is 0. The van der Waals surface area contributed by atoms with Gasteiger partial charge >= 0.3 is 17.9 Å². The quantitative estimate of drug-likeness (QED) is 0.0369. The van der Waals surface area contributed by atoms with Gasteiger partial charge in [-0.2, -0.15) is 0 Å². The van der Waals surface area contributed by atoms with E-state index in [1.54, 1.807) is 0 Å². The van der Waals surface area contributed by atoms with E-state index >= 15 is 0 Å². The summed E-state index contributed by atoms with van der Waals surface area (Å²) in [6.07, 6.45) is 54.7. The third-order valence-electron chi connectivity index (χ3n) is 15.3. The Morgan fingerprint density at radius 1 is 0.296 bits per heavy atom. The number of nitrogens with one attached hydrogen (secondary N) is 1. The van der Waals surface area contributed by atoms with E-state index in [2.05, 4.69) is 46.9 Å². The first-order valence-electron chi connectivity index (χ1n) is 32.0. The van der Waals surface area contributed by atoms with Gasteiger partial charge < -0.3 is 19.5 Å². The number of carbonyl (C=O) groups excluding carboxylic acids is 3. The highest BCUT2D eigenvalue weighted by Gasteiger charge is 2.16. The largest absolute Gasteiger partial charge is 0.465 e. The molecule has 0 radical (unpaired) electrons. The Hall–Kier alpha value is -1.63. The average Bonchev–Trinajstić information content (AvgIpc) is 3.37. The number of hydrogen-bond donors (Lipinski definition) is 1. The van der Waals surface area contributed by atoms with E-state index in [1.807, 2.05) is 0 Å². The Labute approximate surface area is 445 Å². The third-order valence-corrected chi connectivity index (χ3v) is 15.3. The Kier molecular flexibility index (Phi) is 54.8. The van der Waals surface area contributed by atoms with Crippen molar-refractivity contribution < 1.29 is 30.0 Å². The van der Waals surface area contributed by atoms with Gasteiger partial charge in [0.15, 0.2) is 0 Å². The molecule has 0 fully saturated rings. The predicted octanol–water partition coefficient (Wildman–Crippen LogP) is 20.1. The summed E-state index contributed by atoms with van der Waals surface area (Å²) in [4.78, 5) is 38.4. The molecular weight excluding hydrogens is 879 g/mol. The van der Waals surface area contributed by atoms with Gasteiger partial charge in [-0.15, -0.1) is 0 Å². The van der Waals surface area contributed by atoms with Crippen LogP contribution in [0.5, 0.6) is 0 Å². The molecule has 0 spiro atoms. The lowest BCUT2D eigenvalue weighted by molar-refractivity contribution is -0.146. The summed E-state index contributed by atoms with van der Waals surface area (Å²) < 4.78 is 17.6. The fraction of sp³-hybridized carbons (Fsp3) is 0.953. The molecule has 0 bridgehead atoms. The van der Waals surface area contributed by atoms with E-state index in [1.165, 1.54) is 205 Å². The lowest BCUT2D eigenvalue weighted by Gasteiger charge is -2.19. The SMILES string of the molecule is CCCCCCCCC(CCCCCC)COC(=O)CCCCCCC(CCCCCC(=O)OCC(CCCCCC)CCCCCCCC)NCCCCCC(=O)OCC(CCCC)CCCCCC.[HH]. The fourth-order valence-electron chi connectivity index (χ4n) is 10.4. The molecule has 0 rings (SSSR count). The van der Waals surface area contributed by atoms with Gasteiger partial charge in [-0.05, 0) is 101 Å². The van der Waals surface area contributed by atoms with Crippen LogP contribution in [0.4, 0.5) is 0 Å². The molecule has 0 aliphatic carbocycles. The minimum atomic E-state index is -0.0241. The van der Waals surface area contributed by atoms with Gasteiger partial charge in [-0.3, -0.25) is 14.4 Å². The van der Waals surface area contributed by atoms with Crippen LogP contribution < -0.4 is 5.32 Å². The Morgan fingerprint density at radius 3 is 0.873 bits per heavy atom. The third kappa shape index (κ3) is 50.3. The van der Waals surface area contributed by atoms with Gasteiger partial charge in [0.2, 0.25) is 0 Å². The van der Waals surface area contributed by atoms with Gasteiger partial charge in [0.05, 0.1) is 19.8 Å². The molecule has 1 N–H and O–H groups in total. The number of ether oxygens (including phenoxy) is 3. The van der Waals surface area contributed by atoms with Crippen LogP contribution in [0, 0.1) is 17.8 Å². The lowest BCUT2D eigenvalue weighted by atomic mass is 9.95. The Morgan fingerprint density at radius 2 is 0.535 bits per heavy atom. The van der Waals surface area contributed by atoms with Gasteiger partial charge in [0.25, 0.3) is 0 Å². The van der Waals surface area contributed by atoms with Crippen molar-refractivity contribution in [3.05, 3.63) is 0 Å². The van der Waals surface area contributed by atoms with Crippen molar-refractivity contribution in [2.24, 2.45) is 17.8 Å². The number of rotatable bonds is 58. The standard InChI is InChI=1S/C64H125NO6.H2/c1-7-13-19-24-26-35-47-59(45-33-22-16-10-4)56-70-62(66)51-39-29-28-37-49-61(65-54-42-31-41-53-64(68)69-55-58(43-18-12-6)44-32-21-15-9-3)50-38-30-40-52-63(67)71-57-60(46-34-23-17-11-5)48-36-27-25-20-14-8-2;/h58-61,65H,7-57H2,1-6H3;1H. The molecule has 0 aromatic carbocycles. The van der Waals surface area contributed by atoms with Crippen molar-refractivity contribution in [2.45, 2.75) is 349 Å². The van der Waals surface area contributed by atoms with Gasteiger partial charge in [-0.1, -0.05) is 247 Å². The van der Waals surface area contributed by atoms with Crippen molar-refractivity contribution in [3.63, 3.8) is 0 Å². The minimum absolute atomic E-state index is 0. The molecular formula is C64H127NO6. The molecule has 0 aliphatic rings. The second kappa shape index (κ2) is 56.1. The van der Waals surface area contributed by atoms with E-state index < -0.39 is 0 Å². The highest BCUT2D eigenvalue weighted by atomic mass is 16.5. The van der Waals surface area contributed by atoms with Crippen LogP contribution >= 0.6 is 0 Å². The van der Waals surface area contributed by atoms with Gasteiger partial charge in [0.1, 0.15) is 0 Å². The normalized spacial score (nSPS) is 13.3. The zero-order valence-corrected chi connectivity index (χ0v) is 48.8. The first-order valence-corrected chi connectivity index (χ1v) is 32.0. The molecule has 0 heterocycles. The van der Waals surface area contributed by atoms with Crippen LogP contribution in [0.2, 0.25) is 0 Å². The summed E-state index contributed by atoms with van der Waals surface area (Å²) in [6, 6.07) is 0.450. The molecule has 0 saturated heterocycles. The summed E-state index contributed by atoms with van der Waals surface area (Å²) in [5.74, 6) is 1.50. The molecule has 7 heteroatoms. The van der Waals surface area contributed by atoms with Crippen LogP contribution in [-0.2, 0) is 28.6 Å². The van der Waals surface area contributed by atoms with Crippen molar-refractivity contribution in [2.75, 3.05) is 26.4 Å². The van der Waals surface area contributed by atoms with Crippen LogP contribution in [0.15, 0.2) is 0 Å². The van der Waals surface area contributed by atoms with Gasteiger partial charge in [-0.25, -0.2) is 0 Å². The maximum atomic E-state index is 12.9. The monoisotopic (exact) mass is 1010 g/mol. The molecule has 7 nitrogen and oxygen atoms in total. The molecule has 0 aliphatic heterocycles. The highest BCUT2D eigenvalue weighted by Crippen LogP contribution is 2.23. The van der Waals surface area contributed by atoms with Gasteiger partial charge in [0, 0.05) is 26.7 Å². The molecule has 71 heavy (non-hydrogen) atoms. The molecule has 0 aromatic heterocycles. The topological polar surface area (TPSA) is 90.9 Å². The van der Waals surface area contributed by atoms with Crippen molar-refractivity contribution in [1.82, 2.24) is 5.32 Å². The van der Waals surface area contributed by atoms with Crippen LogP contribution in [-0.4, -0.2) is 50.3 Å². The molecule has 0 saturated carbocycles. The van der Waals surface area contributed by atoms with E-state index in [9.17, 15) is 14.4 Å². The summed E-state index contributed by atoms with van der Waals surface area (Å²) in [6.45, 7) is 16.4. The number of hydrogen-bond acceptors (Lipinski definition) is 7. The van der Waals surface area contributed by atoms with Crippen molar-refractivity contribution >= 4 is 17.9 Å². The first-order chi connectivity index (χ1) is 34.8. The molecule has 0 aromatic rings. The fourth-order valence-corrected chi connectivity index (χ4v) is 10.4. The maximum Gasteiger partial charge on any atom is 0.305 e. The first kappa shape index (κ1) is 69.4. The number of esters is 3. The zero-order chi connectivity index (χ0) is 51.9. The molecule has 424 valence electrons. The smallest absolute Gasteiger partial charge is 0.305 e. The average molecular weight is 1010 g/mol. The predicted molar refractivity (Wildman–Crippen MR) is 308 cm³/mol. The van der Waals surface area contributed by atoms with E-state index in [4.69, 9.17) is 14.2 Å². The summed E-state index contributed by atoms with van der Waals surface area (Å²) >= 11 is 0. The van der Waals surface area contributed by atoms with Crippen LogP contribution in [0.1, 0.15) is 345 Å². The zero-order valence-electron chi connectivity index (χ0n) is 48.8. The second-order valence-corrected chi connectivity index (χ2v) is 22.5. The van der Waals surface area contributed by atoms with Crippen LogP contribution in [0.3, 0.4) is 0 Å². The highest BCUT2D eigenvalue weighted by molar-refractivity contribution is 5.69. The van der Waals surface area contributed by atoms with Crippen molar-refractivity contribution in [3.8, 4) is 0 Å². The lowest BCUT2D eigenvalue weighted by Crippen LogP contribution is -2.30. The molecule has 0 amide bonds. The second-order valence-electron chi connectivity index (χ2n) is 22.5. The van der Waals surface area contributed by atoms with Crippen LogP contribution in [0.25, 0.3) is 0 Å². The van der Waals surface area contributed by atoms with Crippen molar-refractivity contribution in [1.29, 1.82) is 0 Å². The van der Waals surface area contributed by atoms with E-state index in [0.29, 0.717) is 62.9 Å². The van der Waals surface area contributed by atoms with E-state index in [0.717, 1.165) is 83.6 Å². The van der Waals surface area contributed by atoms with E-state index in [-0.39, 0.29) is 19.3 Å². The Bertz CT molecular complexity index is 1120. The molecule has 4 unspecified atom stereocenters. The minimum Gasteiger partial charge on any atom is -0.465 e. The summed E-state index contributed by atoms with van der Waals surface area (Å²) in [5.41, 5.74) is 0. The maximum absolute atomic E-state index is 12.9. The summed E-state index contributed by atoms with van der Waals surface area (Å²) in [5, 5.41) is 3.89.